The lowest BCUT2D eigenvalue weighted by molar-refractivity contribution is 0.0659. The monoisotopic (exact) mass is 516 g/mol. The molecular weight excluding hydrogens is 484 g/mol. The second kappa shape index (κ2) is 10.4. The van der Waals surface area contributed by atoms with Crippen molar-refractivity contribution in [3.63, 3.8) is 0 Å². The molecule has 6 nitrogen and oxygen atoms in total. The van der Waals surface area contributed by atoms with Crippen LogP contribution in [-0.2, 0) is 12.0 Å². The number of piperidine rings is 1. The summed E-state index contributed by atoms with van der Waals surface area (Å²) >= 11 is 0. The Labute approximate surface area is 228 Å². The summed E-state index contributed by atoms with van der Waals surface area (Å²) in [5, 5.41) is 6.50. The minimum absolute atomic E-state index is 0.00803. The van der Waals surface area contributed by atoms with Crippen LogP contribution in [-0.4, -0.2) is 36.3 Å². The Hall–Kier alpha value is -4.42. The van der Waals surface area contributed by atoms with Gasteiger partial charge in [-0.2, -0.15) is 0 Å². The molecule has 6 rings (SSSR count). The fourth-order valence-corrected chi connectivity index (χ4v) is 5.92. The number of nitrogens with two attached hydrogens (primary N) is 1. The summed E-state index contributed by atoms with van der Waals surface area (Å²) in [5.74, 6) is -0.261. The van der Waals surface area contributed by atoms with E-state index < -0.39 is 0 Å². The third-order valence-electron chi connectivity index (χ3n) is 8.18. The van der Waals surface area contributed by atoms with Crippen molar-refractivity contribution < 1.29 is 9.59 Å². The van der Waals surface area contributed by atoms with Crippen LogP contribution < -0.4 is 16.4 Å². The molecule has 1 saturated heterocycles. The van der Waals surface area contributed by atoms with Crippen LogP contribution in [0.4, 0.5) is 11.4 Å². The van der Waals surface area contributed by atoms with Gasteiger partial charge in [-0.1, -0.05) is 60.7 Å². The largest absolute Gasteiger partial charge is 0.397 e. The molecule has 196 valence electrons. The summed E-state index contributed by atoms with van der Waals surface area (Å²) < 4.78 is 0. The average Bonchev–Trinajstić information content (AvgIpc) is 2.99. The molecule has 0 unspecified atom stereocenters. The first kappa shape index (κ1) is 24.9. The first-order valence-corrected chi connectivity index (χ1v) is 13.5. The summed E-state index contributed by atoms with van der Waals surface area (Å²) in [6.45, 7) is 3.29. The molecule has 4 aromatic carbocycles. The highest BCUT2D eigenvalue weighted by atomic mass is 16.2. The van der Waals surface area contributed by atoms with Gasteiger partial charge in [0, 0.05) is 42.7 Å². The Morgan fingerprint density at radius 3 is 2.26 bits per heavy atom. The van der Waals surface area contributed by atoms with Gasteiger partial charge in [-0.3, -0.25) is 9.59 Å². The first-order chi connectivity index (χ1) is 19.0. The Morgan fingerprint density at radius 1 is 0.795 bits per heavy atom. The standard InChI is InChI=1S/C33H32N4O2/c34-29-15-14-26(23-6-2-1-3-7-23)20-30(29)36-31(38)24-10-12-25(13-11-24)32(39)37-18-16-33(17-19-37)22-35-21-27-8-4-5-9-28(27)33/h1-15,20,35H,16-19,21-22,34H2,(H,36,38). The number of fused-ring (bicyclic) bond motifs is 2. The van der Waals surface area contributed by atoms with Gasteiger partial charge in [0.1, 0.15) is 0 Å². The van der Waals surface area contributed by atoms with E-state index in [4.69, 9.17) is 5.73 Å². The summed E-state index contributed by atoms with van der Waals surface area (Å²) in [4.78, 5) is 28.2. The Morgan fingerprint density at radius 2 is 1.49 bits per heavy atom. The molecule has 0 saturated carbocycles. The summed E-state index contributed by atoms with van der Waals surface area (Å²) in [6, 6.07) is 31.1. The van der Waals surface area contributed by atoms with Crippen molar-refractivity contribution in [2.75, 3.05) is 30.7 Å². The highest BCUT2D eigenvalue weighted by molar-refractivity contribution is 6.06. The average molecular weight is 517 g/mol. The Bertz CT molecular complexity index is 1510. The molecule has 1 spiro atoms. The quantitative estimate of drug-likeness (QED) is 0.314. The molecule has 4 N–H and O–H groups in total. The Kier molecular flexibility index (Phi) is 6.63. The molecule has 1 fully saturated rings. The second-order valence-corrected chi connectivity index (χ2v) is 10.5. The molecule has 0 radical (unpaired) electrons. The minimum Gasteiger partial charge on any atom is -0.397 e. The van der Waals surface area contributed by atoms with E-state index in [9.17, 15) is 9.59 Å². The number of carbonyl (C=O) groups excluding carboxylic acids is 2. The second-order valence-electron chi connectivity index (χ2n) is 10.5. The number of nitrogens with one attached hydrogen (secondary N) is 2. The lowest BCUT2D eigenvalue weighted by Crippen LogP contribution is -2.51. The molecule has 6 heteroatoms. The third kappa shape index (κ3) is 4.91. The van der Waals surface area contributed by atoms with Crippen molar-refractivity contribution in [1.29, 1.82) is 0 Å². The fourth-order valence-electron chi connectivity index (χ4n) is 5.92. The van der Waals surface area contributed by atoms with E-state index in [1.165, 1.54) is 11.1 Å². The Balaban J connectivity index is 1.11. The van der Waals surface area contributed by atoms with Crippen LogP contribution in [0, 0.1) is 0 Å². The highest BCUT2D eigenvalue weighted by Crippen LogP contribution is 2.39. The number of likely N-dealkylation sites (tertiary alicyclic amines) is 1. The van der Waals surface area contributed by atoms with E-state index in [2.05, 4.69) is 34.9 Å². The molecular formula is C33H32N4O2. The maximum Gasteiger partial charge on any atom is 0.255 e. The smallest absolute Gasteiger partial charge is 0.255 e. The van der Waals surface area contributed by atoms with Gasteiger partial charge in [0.15, 0.2) is 0 Å². The lowest BCUT2D eigenvalue weighted by atomic mass is 9.69. The maximum atomic E-state index is 13.3. The van der Waals surface area contributed by atoms with Crippen LogP contribution in [0.25, 0.3) is 11.1 Å². The lowest BCUT2D eigenvalue weighted by Gasteiger charge is -2.45. The molecule has 2 heterocycles. The number of hydrogen-bond donors (Lipinski definition) is 3. The van der Waals surface area contributed by atoms with Gasteiger partial charge in [0.05, 0.1) is 11.4 Å². The summed E-state index contributed by atoms with van der Waals surface area (Å²) in [7, 11) is 0. The number of benzene rings is 4. The molecule has 0 atom stereocenters. The highest BCUT2D eigenvalue weighted by Gasteiger charge is 2.40. The fraction of sp³-hybridized carbons (Fsp3) is 0.212. The normalized spacial score (nSPS) is 15.9. The molecule has 4 aromatic rings. The van der Waals surface area contributed by atoms with Gasteiger partial charge >= 0.3 is 0 Å². The molecule has 2 aliphatic heterocycles. The van der Waals surface area contributed by atoms with Crippen LogP contribution in [0.2, 0.25) is 0 Å². The van der Waals surface area contributed by atoms with E-state index in [0.29, 0.717) is 35.6 Å². The molecule has 2 amide bonds. The van der Waals surface area contributed by atoms with E-state index in [1.54, 1.807) is 30.3 Å². The number of nitrogens with zero attached hydrogens (tertiary/aromatic N) is 1. The van der Waals surface area contributed by atoms with E-state index in [-0.39, 0.29) is 17.2 Å². The molecule has 39 heavy (non-hydrogen) atoms. The van der Waals surface area contributed by atoms with Crippen LogP contribution in [0.3, 0.4) is 0 Å². The molecule has 0 bridgehead atoms. The predicted molar refractivity (Wildman–Crippen MR) is 156 cm³/mol. The topological polar surface area (TPSA) is 87.5 Å². The van der Waals surface area contributed by atoms with Gasteiger partial charge in [0.2, 0.25) is 0 Å². The van der Waals surface area contributed by atoms with Crippen LogP contribution >= 0.6 is 0 Å². The maximum absolute atomic E-state index is 13.3. The first-order valence-electron chi connectivity index (χ1n) is 13.5. The molecule has 0 aliphatic carbocycles. The zero-order chi connectivity index (χ0) is 26.8. The number of nitrogen functional groups attached to an aromatic ring is 1. The summed E-state index contributed by atoms with van der Waals surface area (Å²) in [5.41, 5.74) is 13.2. The van der Waals surface area contributed by atoms with Crippen molar-refractivity contribution in [3.05, 3.63) is 119 Å². The predicted octanol–water partition coefficient (Wildman–Crippen LogP) is 5.47. The van der Waals surface area contributed by atoms with Gasteiger partial charge in [-0.15, -0.1) is 0 Å². The molecule has 2 aliphatic rings. The number of carbonyl (C=O) groups is 2. The number of hydrogen-bond acceptors (Lipinski definition) is 4. The minimum atomic E-state index is -0.269. The zero-order valence-electron chi connectivity index (χ0n) is 21.8. The van der Waals surface area contributed by atoms with Crippen molar-refractivity contribution >= 4 is 23.2 Å². The number of rotatable bonds is 4. The van der Waals surface area contributed by atoms with Crippen LogP contribution in [0.5, 0.6) is 0 Å². The van der Waals surface area contributed by atoms with Crippen LogP contribution in [0.1, 0.15) is 44.7 Å². The van der Waals surface area contributed by atoms with Gasteiger partial charge < -0.3 is 21.3 Å². The van der Waals surface area contributed by atoms with Gasteiger partial charge in [-0.05, 0) is 71.5 Å². The van der Waals surface area contributed by atoms with E-state index in [0.717, 1.165) is 37.1 Å². The zero-order valence-corrected chi connectivity index (χ0v) is 21.8. The van der Waals surface area contributed by atoms with Crippen molar-refractivity contribution in [2.24, 2.45) is 0 Å². The van der Waals surface area contributed by atoms with Crippen molar-refractivity contribution in [2.45, 2.75) is 24.8 Å². The van der Waals surface area contributed by atoms with Crippen molar-refractivity contribution in [3.8, 4) is 11.1 Å². The van der Waals surface area contributed by atoms with Crippen molar-refractivity contribution in [1.82, 2.24) is 10.2 Å². The summed E-state index contributed by atoms with van der Waals surface area (Å²) in [6.07, 6.45) is 1.87. The van der Waals surface area contributed by atoms with E-state index >= 15 is 0 Å². The number of anilines is 2. The van der Waals surface area contributed by atoms with Crippen LogP contribution in [0.15, 0.2) is 97.1 Å². The van der Waals surface area contributed by atoms with Gasteiger partial charge in [0.25, 0.3) is 11.8 Å². The van der Waals surface area contributed by atoms with Gasteiger partial charge in [-0.25, -0.2) is 0 Å². The third-order valence-corrected chi connectivity index (χ3v) is 8.18. The number of amides is 2. The van der Waals surface area contributed by atoms with E-state index in [1.807, 2.05) is 47.4 Å². The molecule has 0 aromatic heterocycles. The SMILES string of the molecule is Nc1ccc(-c2ccccc2)cc1NC(=O)c1ccc(C(=O)N2CCC3(CC2)CNCc2ccccc23)cc1.